The van der Waals surface area contributed by atoms with Gasteiger partial charge in [0.25, 0.3) is 0 Å². The van der Waals surface area contributed by atoms with Crippen molar-refractivity contribution >= 4 is 0 Å². The molecule has 2 atom stereocenters. The quantitative estimate of drug-likeness (QED) is 0.867. The minimum absolute atomic E-state index is 0.177. The van der Waals surface area contributed by atoms with Gasteiger partial charge in [-0.3, -0.25) is 0 Å². The summed E-state index contributed by atoms with van der Waals surface area (Å²) < 4.78 is 5.90. The monoisotopic (exact) mass is 234 g/mol. The zero-order valence-corrected chi connectivity index (χ0v) is 10.7. The average Bonchev–Trinajstić information content (AvgIpc) is 2.29. The van der Waals surface area contributed by atoms with Crippen LogP contribution in [0.3, 0.4) is 0 Å². The summed E-state index contributed by atoms with van der Waals surface area (Å²) in [5, 5.41) is 9.59. The summed E-state index contributed by atoms with van der Waals surface area (Å²) in [5.41, 5.74) is 1.33. The molecule has 2 heteroatoms. The second-order valence-corrected chi connectivity index (χ2v) is 5.28. The number of rotatable bonds is 3. The standard InChI is InChI=1S/C15H22O2/c1-11(2)12-6-8-14(9-7-12)17-15-5-3-4-13(16)10-15/h6-9,11,13,15-16H,3-5,10H2,1-2H3. The third kappa shape index (κ3) is 3.47. The first kappa shape index (κ1) is 12.4. The lowest BCUT2D eigenvalue weighted by atomic mass is 9.95. The summed E-state index contributed by atoms with van der Waals surface area (Å²) >= 11 is 0. The Labute approximate surface area is 104 Å². The molecule has 1 aromatic rings. The van der Waals surface area contributed by atoms with Crippen LogP contribution in [0.4, 0.5) is 0 Å². The molecular formula is C15H22O2. The van der Waals surface area contributed by atoms with Crippen molar-refractivity contribution in [2.24, 2.45) is 0 Å². The smallest absolute Gasteiger partial charge is 0.119 e. The Bertz CT molecular complexity index is 342. The van der Waals surface area contributed by atoms with Crippen molar-refractivity contribution in [2.75, 3.05) is 0 Å². The molecule has 0 heterocycles. The third-order valence-electron chi connectivity index (χ3n) is 3.45. The molecular weight excluding hydrogens is 212 g/mol. The minimum Gasteiger partial charge on any atom is -0.490 e. The van der Waals surface area contributed by atoms with Crippen LogP contribution in [0.2, 0.25) is 0 Å². The van der Waals surface area contributed by atoms with E-state index in [9.17, 15) is 5.11 Å². The van der Waals surface area contributed by atoms with Crippen molar-refractivity contribution in [2.45, 2.75) is 57.7 Å². The van der Waals surface area contributed by atoms with Gasteiger partial charge in [0.1, 0.15) is 11.9 Å². The van der Waals surface area contributed by atoms with Gasteiger partial charge in [-0.15, -0.1) is 0 Å². The van der Waals surface area contributed by atoms with Gasteiger partial charge in [0.05, 0.1) is 6.10 Å². The highest BCUT2D eigenvalue weighted by molar-refractivity contribution is 5.29. The lowest BCUT2D eigenvalue weighted by Gasteiger charge is -2.26. The predicted molar refractivity (Wildman–Crippen MR) is 69.4 cm³/mol. The zero-order chi connectivity index (χ0) is 12.3. The van der Waals surface area contributed by atoms with Gasteiger partial charge in [0, 0.05) is 6.42 Å². The third-order valence-corrected chi connectivity index (χ3v) is 3.45. The van der Waals surface area contributed by atoms with Crippen molar-refractivity contribution in [3.8, 4) is 5.75 Å². The molecule has 1 saturated carbocycles. The van der Waals surface area contributed by atoms with Gasteiger partial charge in [-0.05, 0) is 42.9 Å². The van der Waals surface area contributed by atoms with Gasteiger partial charge in [-0.1, -0.05) is 26.0 Å². The van der Waals surface area contributed by atoms with Crippen LogP contribution >= 0.6 is 0 Å². The van der Waals surface area contributed by atoms with Crippen molar-refractivity contribution in [3.05, 3.63) is 29.8 Å². The zero-order valence-electron chi connectivity index (χ0n) is 10.7. The summed E-state index contributed by atoms with van der Waals surface area (Å²) in [7, 11) is 0. The van der Waals surface area contributed by atoms with E-state index in [0.29, 0.717) is 5.92 Å². The van der Waals surface area contributed by atoms with Gasteiger partial charge in [0.15, 0.2) is 0 Å². The van der Waals surface area contributed by atoms with E-state index in [-0.39, 0.29) is 12.2 Å². The fourth-order valence-electron chi connectivity index (χ4n) is 2.35. The number of aliphatic hydroxyl groups excluding tert-OH is 1. The van der Waals surface area contributed by atoms with Gasteiger partial charge in [-0.2, -0.15) is 0 Å². The van der Waals surface area contributed by atoms with E-state index in [2.05, 4.69) is 26.0 Å². The van der Waals surface area contributed by atoms with Crippen LogP contribution in [-0.4, -0.2) is 17.3 Å². The fourth-order valence-corrected chi connectivity index (χ4v) is 2.35. The van der Waals surface area contributed by atoms with E-state index >= 15 is 0 Å². The highest BCUT2D eigenvalue weighted by Crippen LogP contribution is 2.25. The van der Waals surface area contributed by atoms with E-state index in [1.807, 2.05) is 12.1 Å². The van der Waals surface area contributed by atoms with Crippen LogP contribution < -0.4 is 4.74 Å². The van der Waals surface area contributed by atoms with Crippen molar-refractivity contribution < 1.29 is 9.84 Å². The highest BCUT2D eigenvalue weighted by atomic mass is 16.5. The first-order valence-electron chi connectivity index (χ1n) is 6.60. The summed E-state index contributed by atoms with van der Waals surface area (Å²) in [6.07, 6.45) is 3.82. The van der Waals surface area contributed by atoms with Crippen molar-refractivity contribution in [3.63, 3.8) is 0 Å². The molecule has 1 aliphatic rings. The Balaban J connectivity index is 1.94. The van der Waals surface area contributed by atoms with Crippen LogP contribution in [0.5, 0.6) is 5.75 Å². The van der Waals surface area contributed by atoms with E-state index in [0.717, 1.165) is 31.4 Å². The van der Waals surface area contributed by atoms with E-state index in [1.165, 1.54) is 5.56 Å². The van der Waals surface area contributed by atoms with Gasteiger partial charge < -0.3 is 9.84 Å². The molecule has 1 aromatic carbocycles. The highest BCUT2D eigenvalue weighted by Gasteiger charge is 2.21. The van der Waals surface area contributed by atoms with Crippen LogP contribution in [0.1, 0.15) is 51.0 Å². The molecule has 0 saturated heterocycles. The first-order valence-corrected chi connectivity index (χ1v) is 6.60. The molecule has 1 fully saturated rings. The molecule has 0 spiro atoms. The van der Waals surface area contributed by atoms with E-state index in [4.69, 9.17) is 4.74 Å². The number of ether oxygens (including phenoxy) is 1. The van der Waals surface area contributed by atoms with Crippen molar-refractivity contribution in [1.29, 1.82) is 0 Å². The molecule has 1 N–H and O–H groups in total. The maximum absolute atomic E-state index is 9.59. The van der Waals surface area contributed by atoms with E-state index in [1.54, 1.807) is 0 Å². The molecule has 0 aliphatic heterocycles. The number of aliphatic hydroxyl groups is 1. The van der Waals surface area contributed by atoms with Crippen LogP contribution in [-0.2, 0) is 0 Å². The van der Waals surface area contributed by atoms with E-state index < -0.39 is 0 Å². The number of benzene rings is 1. The Morgan fingerprint density at radius 1 is 1.18 bits per heavy atom. The summed E-state index contributed by atoms with van der Waals surface area (Å²) in [5.74, 6) is 1.48. The van der Waals surface area contributed by atoms with Gasteiger partial charge >= 0.3 is 0 Å². The summed E-state index contributed by atoms with van der Waals surface area (Å²) in [6, 6.07) is 8.32. The Kier molecular flexibility index (Phi) is 4.06. The minimum atomic E-state index is -0.177. The van der Waals surface area contributed by atoms with Gasteiger partial charge in [-0.25, -0.2) is 0 Å². The lowest BCUT2D eigenvalue weighted by molar-refractivity contribution is 0.0536. The second-order valence-electron chi connectivity index (χ2n) is 5.28. The van der Waals surface area contributed by atoms with Crippen molar-refractivity contribution in [1.82, 2.24) is 0 Å². The van der Waals surface area contributed by atoms with Crippen LogP contribution in [0.15, 0.2) is 24.3 Å². The molecule has 2 unspecified atom stereocenters. The molecule has 0 radical (unpaired) electrons. The Morgan fingerprint density at radius 3 is 2.47 bits per heavy atom. The van der Waals surface area contributed by atoms with Crippen LogP contribution in [0, 0.1) is 0 Å². The Hall–Kier alpha value is -1.02. The number of hydrogen-bond donors (Lipinski definition) is 1. The maximum Gasteiger partial charge on any atom is 0.119 e. The second kappa shape index (κ2) is 5.54. The molecule has 94 valence electrons. The largest absolute Gasteiger partial charge is 0.490 e. The molecule has 1 aliphatic carbocycles. The predicted octanol–water partition coefficient (Wildman–Crippen LogP) is 3.49. The SMILES string of the molecule is CC(C)c1ccc(OC2CCCC(O)C2)cc1. The fraction of sp³-hybridized carbons (Fsp3) is 0.600. The summed E-state index contributed by atoms with van der Waals surface area (Å²) in [4.78, 5) is 0. The topological polar surface area (TPSA) is 29.5 Å². The molecule has 0 aromatic heterocycles. The Morgan fingerprint density at radius 2 is 1.88 bits per heavy atom. The maximum atomic E-state index is 9.59. The normalized spacial score (nSPS) is 24.9. The molecule has 17 heavy (non-hydrogen) atoms. The molecule has 2 nitrogen and oxygen atoms in total. The summed E-state index contributed by atoms with van der Waals surface area (Å²) in [6.45, 7) is 4.38. The lowest BCUT2D eigenvalue weighted by Crippen LogP contribution is -2.28. The average molecular weight is 234 g/mol. The molecule has 0 amide bonds. The molecule has 0 bridgehead atoms. The first-order chi connectivity index (χ1) is 8.15. The molecule has 2 rings (SSSR count). The van der Waals surface area contributed by atoms with Crippen LogP contribution in [0.25, 0.3) is 0 Å². The number of hydrogen-bond acceptors (Lipinski definition) is 2. The van der Waals surface area contributed by atoms with Gasteiger partial charge in [0.2, 0.25) is 0 Å².